The summed E-state index contributed by atoms with van der Waals surface area (Å²) in [5, 5.41) is 3.10. The van der Waals surface area contributed by atoms with E-state index in [-0.39, 0.29) is 5.78 Å². The highest BCUT2D eigenvalue weighted by Gasteiger charge is 2.56. The van der Waals surface area contributed by atoms with E-state index in [0.29, 0.717) is 12.0 Å². The Hall–Kier alpha value is -1.65. The Balaban J connectivity index is 1.80. The van der Waals surface area contributed by atoms with E-state index in [1.807, 2.05) is 30.3 Å². The minimum Gasteiger partial charge on any atom is -0.361 e. The fraction of sp³-hybridized carbons (Fsp3) is 0.308. The van der Waals surface area contributed by atoms with Crippen molar-refractivity contribution in [3.63, 3.8) is 0 Å². The fourth-order valence-corrected chi connectivity index (χ4v) is 2.07. The van der Waals surface area contributed by atoms with E-state index in [9.17, 15) is 4.79 Å². The van der Waals surface area contributed by atoms with Crippen LogP contribution in [-0.2, 0) is 14.6 Å². The highest BCUT2D eigenvalue weighted by molar-refractivity contribution is 5.98. The number of benzene rings is 1. The summed E-state index contributed by atoms with van der Waals surface area (Å²) < 4.78 is 0. The molecular formula is C13H13NO3. The number of anilines is 1. The molecule has 2 aliphatic rings. The van der Waals surface area contributed by atoms with Crippen molar-refractivity contribution in [3.8, 4) is 0 Å². The molecule has 0 radical (unpaired) electrons. The van der Waals surface area contributed by atoms with Gasteiger partial charge in [0.1, 0.15) is 0 Å². The van der Waals surface area contributed by atoms with E-state index in [1.165, 1.54) is 0 Å². The molecule has 1 aliphatic heterocycles. The minimum absolute atomic E-state index is 0.0946. The zero-order valence-corrected chi connectivity index (χ0v) is 9.31. The van der Waals surface area contributed by atoms with Crippen LogP contribution < -0.4 is 5.32 Å². The number of carbonyl (C=O) groups excluding carboxylic acids is 1. The van der Waals surface area contributed by atoms with Crippen LogP contribution in [-0.4, -0.2) is 11.6 Å². The normalized spacial score (nSPS) is 24.0. The molecule has 1 spiro atoms. The van der Waals surface area contributed by atoms with Gasteiger partial charge in [-0.15, -0.1) is 0 Å². The van der Waals surface area contributed by atoms with Crippen molar-refractivity contribution in [2.45, 2.75) is 25.0 Å². The average molecular weight is 231 g/mol. The first-order chi connectivity index (χ1) is 8.30. The Labute approximate surface area is 99.2 Å². The number of Topliss-reactive ketones (excluding diaryl/α,β-unsaturated/α-hetero) is 1. The first-order valence-electron chi connectivity index (χ1n) is 5.72. The number of ketones is 1. The van der Waals surface area contributed by atoms with Gasteiger partial charge < -0.3 is 5.32 Å². The number of nitrogens with one attached hydrogen (secondary N) is 1. The van der Waals surface area contributed by atoms with Gasteiger partial charge in [0.15, 0.2) is 5.78 Å². The highest BCUT2D eigenvalue weighted by atomic mass is 17.4. The number of para-hydroxylation sites is 1. The minimum atomic E-state index is -0.753. The lowest BCUT2D eigenvalue weighted by atomic mass is 9.89. The third-order valence-corrected chi connectivity index (χ3v) is 3.06. The quantitative estimate of drug-likeness (QED) is 0.482. The standard InChI is InChI=1S/C13H13NO3/c15-12-7-4-8-13(16-17-13)11(12)9-14-10-5-2-1-3-6-10/h1-3,5-6,9,14H,4,7-8H2/b11-9+. The van der Waals surface area contributed by atoms with Crippen LogP contribution in [0.2, 0.25) is 0 Å². The van der Waals surface area contributed by atoms with Gasteiger partial charge >= 0.3 is 0 Å². The molecule has 88 valence electrons. The molecule has 2 fully saturated rings. The van der Waals surface area contributed by atoms with Crippen LogP contribution in [0.25, 0.3) is 0 Å². The Morgan fingerprint density at radius 1 is 1.24 bits per heavy atom. The lowest BCUT2D eigenvalue weighted by Gasteiger charge is -2.16. The largest absolute Gasteiger partial charge is 0.361 e. The number of carbonyl (C=O) groups is 1. The number of hydrogen-bond acceptors (Lipinski definition) is 4. The molecule has 0 atom stereocenters. The molecule has 0 bridgehead atoms. The molecule has 1 N–H and O–H groups in total. The number of rotatable bonds is 2. The summed E-state index contributed by atoms with van der Waals surface area (Å²) >= 11 is 0. The molecule has 3 rings (SSSR count). The van der Waals surface area contributed by atoms with E-state index < -0.39 is 5.79 Å². The van der Waals surface area contributed by atoms with E-state index in [0.717, 1.165) is 18.5 Å². The smallest absolute Gasteiger partial charge is 0.264 e. The summed E-state index contributed by atoms with van der Waals surface area (Å²) in [6.45, 7) is 0. The maximum absolute atomic E-state index is 11.8. The van der Waals surface area contributed by atoms with Crippen molar-refractivity contribution in [1.82, 2.24) is 0 Å². The van der Waals surface area contributed by atoms with Crippen LogP contribution in [0.4, 0.5) is 5.69 Å². The summed E-state index contributed by atoms with van der Waals surface area (Å²) in [5.41, 5.74) is 1.53. The molecule has 17 heavy (non-hydrogen) atoms. The van der Waals surface area contributed by atoms with Crippen LogP contribution in [0.5, 0.6) is 0 Å². The summed E-state index contributed by atoms with van der Waals surface area (Å²) in [7, 11) is 0. The van der Waals surface area contributed by atoms with Gasteiger partial charge in [0.05, 0.1) is 5.57 Å². The molecule has 0 amide bonds. The predicted molar refractivity (Wildman–Crippen MR) is 61.9 cm³/mol. The summed E-state index contributed by atoms with van der Waals surface area (Å²) in [6, 6.07) is 9.68. The van der Waals surface area contributed by atoms with Gasteiger partial charge in [-0.2, -0.15) is 9.78 Å². The molecule has 1 heterocycles. The summed E-state index contributed by atoms with van der Waals surface area (Å²) in [5.74, 6) is -0.658. The molecule has 4 nitrogen and oxygen atoms in total. The molecule has 1 aliphatic carbocycles. The van der Waals surface area contributed by atoms with Crippen molar-refractivity contribution in [2.75, 3.05) is 5.32 Å². The first kappa shape index (κ1) is 10.5. The van der Waals surface area contributed by atoms with Crippen LogP contribution in [0.3, 0.4) is 0 Å². The lowest BCUT2D eigenvalue weighted by molar-refractivity contribution is -0.117. The second kappa shape index (κ2) is 3.98. The van der Waals surface area contributed by atoms with Gasteiger partial charge in [0.2, 0.25) is 0 Å². The Kier molecular flexibility index (Phi) is 2.46. The average Bonchev–Trinajstić information content (AvgIpc) is 3.10. The Morgan fingerprint density at radius 3 is 2.71 bits per heavy atom. The fourth-order valence-electron chi connectivity index (χ4n) is 2.07. The monoisotopic (exact) mass is 231 g/mol. The van der Waals surface area contributed by atoms with E-state index in [1.54, 1.807) is 6.20 Å². The van der Waals surface area contributed by atoms with E-state index in [4.69, 9.17) is 9.78 Å². The van der Waals surface area contributed by atoms with Crippen LogP contribution in [0.1, 0.15) is 19.3 Å². The topological polar surface area (TPSA) is 54.2 Å². The molecule has 0 aromatic heterocycles. The van der Waals surface area contributed by atoms with Gasteiger partial charge in [0.25, 0.3) is 5.79 Å². The molecule has 1 aromatic carbocycles. The highest BCUT2D eigenvalue weighted by Crippen LogP contribution is 2.45. The van der Waals surface area contributed by atoms with Gasteiger partial charge in [-0.05, 0) is 18.6 Å². The molecular weight excluding hydrogens is 218 g/mol. The van der Waals surface area contributed by atoms with Gasteiger partial charge in [-0.1, -0.05) is 18.2 Å². The summed E-state index contributed by atoms with van der Waals surface area (Å²) in [6.07, 6.45) is 3.84. The van der Waals surface area contributed by atoms with Crippen molar-refractivity contribution >= 4 is 11.5 Å². The third kappa shape index (κ3) is 1.97. The lowest BCUT2D eigenvalue weighted by Crippen LogP contribution is -2.27. The van der Waals surface area contributed by atoms with Gasteiger partial charge in [-0.25, -0.2) is 0 Å². The van der Waals surface area contributed by atoms with Crippen LogP contribution in [0, 0.1) is 0 Å². The second-order valence-corrected chi connectivity index (χ2v) is 4.26. The first-order valence-corrected chi connectivity index (χ1v) is 5.72. The SMILES string of the molecule is O=C1CCCC2(OO2)/C1=C/Nc1ccccc1. The van der Waals surface area contributed by atoms with Crippen molar-refractivity contribution in [1.29, 1.82) is 0 Å². The molecule has 1 saturated carbocycles. The van der Waals surface area contributed by atoms with Crippen molar-refractivity contribution in [2.24, 2.45) is 0 Å². The molecule has 1 aromatic rings. The zero-order chi connectivity index (χ0) is 11.7. The van der Waals surface area contributed by atoms with Gasteiger partial charge in [-0.3, -0.25) is 4.79 Å². The van der Waals surface area contributed by atoms with Crippen molar-refractivity contribution < 1.29 is 14.6 Å². The number of hydrogen-bond donors (Lipinski definition) is 1. The molecule has 0 unspecified atom stereocenters. The van der Waals surface area contributed by atoms with Crippen molar-refractivity contribution in [3.05, 3.63) is 42.1 Å². The third-order valence-electron chi connectivity index (χ3n) is 3.06. The van der Waals surface area contributed by atoms with E-state index in [2.05, 4.69) is 5.32 Å². The van der Waals surface area contributed by atoms with E-state index >= 15 is 0 Å². The zero-order valence-electron chi connectivity index (χ0n) is 9.31. The van der Waals surface area contributed by atoms with Crippen LogP contribution in [0.15, 0.2) is 42.1 Å². The molecule has 4 heteroatoms. The second-order valence-electron chi connectivity index (χ2n) is 4.26. The summed E-state index contributed by atoms with van der Waals surface area (Å²) in [4.78, 5) is 21.8. The maximum atomic E-state index is 11.8. The predicted octanol–water partition coefficient (Wildman–Crippen LogP) is 2.39. The molecule has 1 saturated heterocycles. The Bertz CT molecular complexity index is 463. The van der Waals surface area contributed by atoms with Gasteiger partial charge in [0, 0.05) is 24.7 Å². The van der Waals surface area contributed by atoms with Crippen LogP contribution >= 0.6 is 0 Å². The maximum Gasteiger partial charge on any atom is 0.264 e. The Morgan fingerprint density at radius 2 is 2.00 bits per heavy atom.